The summed E-state index contributed by atoms with van der Waals surface area (Å²) in [4.78, 5) is 11.8. The van der Waals surface area contributed by atoms with E-state index in [2.05, 4.69) is 28.0 Å². The van der Waals surface area contributed by atoms with Crippen LogP contribution in [0.3, 0.4) is 0 Å². The molecule has 0 bridgehead atoms. The number of hydrogen-bond donors (Lipinski definition) is 2. The number of halogens is 1. The Balaban J connectivity index is 1.46. The zero-order chi connectivity index (χ0) is 20.5. The minimum absolute atomic E-state index is 0.0304. The number of nitrogens with zero attached hydrogens (tertiary/aromatic N) is 1. The van der Waals surface area contributed by atoms with Crippen LogP contribution in [0.25, 0.3) is 0 Å². The summed E-state index contributed by atoms with van der Waals surface area (Å²) in [7, 11) is 0. The summed E-state index contributed by atoms with van der Waals surface area (Å²) in [5.74, 6) is 0.0888. The van der Waals surface area contributed by atoms with Crippen molar-refractivity contribution < 1.29 is 13.9 Å². The first-order chi connectivity index (χ1) is 14.1. The smallest absolute Gasteiger partial charge is 0.259 e. The Morgan fingerprint density at radius 3 is 2.59 bits per heavy atom. The van der Waals surface area contributed by atoms with E-state index < -0.39 is 0 Å². The standard InChI is InChI=1S/C23H22FN3O2/c1-17-5-7-18(8-6-17)16-29-22-4-2-3-19(13-22)14-26-27-23(28)15-25-21-11-9-20(24)10-12-21/h2-14,25H,15-16H2,1H3,(H,27,28)/b26-14-. The fourth-order valence-electron chi connectivity index (χ4n) is 2.50. The van der Waals surface area contributed by atoms with Gasteiger partial charge in [-0.25, -0.2) is 9.82 Å². The number of carbonyl (C=O) groups is 1. The molecule has 0 aliphatic heterocycles. The highest BCUT2D eigenvalue weighted by atomic mass is 19.1. The molecule has 0 heterocycles. The molecule has 0 radical (unpaired) electrons. The highest BCUT2D eigenvalue weighted by molar-refractivity contribution is 5.84. The minimum Gasteiger partial charge on any atom is -0.489 e. The predicted molar refractivity (Wildman–Crippen MR) is 113 cm³/mol. The van der Waals surface area contributed by atoms with Gasteiger partial charge in [-0.15, -0.1) is 0 Å². The highest BCUT2D eigenvalue weighted by Crippen LogP contribution is 2.14. The molecule has 0 saturated carbocycles. The van der Waals surface area contributed by atoms with Gasteiger partial charge in [0.1, 0.15) is 18.2 Å². The van der Waals surface area contributed by atoms with Gasteiger partial charge in [0.15, 0.2) is 0 Å². The molecule has 2 N–H and O–H groups in total. The maximum absolute atomic E-state index is 12.9. The van der Waals surface area contributed by atoms with Crippen molar-refractivity contribution in [3.8, 4) is 5.75 Å². The van der Waals surface area contributed by atoms with Gasteiger partial charge in [-0.2, -0.15) is 5.10 Å². The molecule has 0 spiro atoms. The Hall–Kier alpha value is -3.67. The van der Waals surface area contributed by atoms with Crippen LogP contribution in [0.2, 0.25) is 0 Å². The third-order valence-electron chi connectivity index (χ3n) is 4.08. The second kappa shape index (κ2) is 10.0. The third kappa shape index (κ3) is 6.77. The molecule has 148 valence electrons. The number of nitrogens with one attached hydrogen (secondary N) is 2. The molecule has 0 aromatic heterocycles. The van der Waals surface area contributed by atoms with Crippen LogP contribution in [0.1, 0.15) is 16.7 Å². The van der Waals surface area contributed by atoms with Crippen molar-refractivity contribution in [2.45, 2.75) is 13.5 Å². The molecule has 29 heavy (non-hydrogen) atoms. The molecule has 0 atom stereocenters. The van der Waals surface area contributed by atoms with Crippen LogP contribution < -0.4 is 15.5 Å². The Morgan fingerprint density at radius 1 is 1.07 bits per heavy atom. The third-order valence-corrected chi connectivity index (χ3v) is 4.08. The van der Waals surface area contributed by atoms with E-state index in [4.69, 9.17) is 4.74 Å². The van der Waals surface area contributed by atoms with E-state index in [-0.39, 0.29) is 18.3 Å². The van der Waals surface area contributed by atoms with Crippen LogP contribution in [-0.2, 0) is 11.4 Å². The molecule has 1 amide bonds. The quantitative estimate of drug-likeness (QED) is 0.445. The Labute approximate surface area is 169 Å². The second-order valence-electron chi connectivity index (χ2n) is 6.50. The van der Waals surface area contributed by atoms with Gasteiger partial charge >= 0.3 is 0 Å². The summed E-state index contributed by atoms with van der Waals surface area (Å²) in [6.07, 6.45) is 1.55. The lowest BCUT2D eigenvalue weighted by Gasteiger charge is -2.07. The molecule has 0 saturated heterocycles. The summed E-state index contributed by atoms with van der Waals surface area (Å²) in [6, 6.07) is 21.4. The Kier molecular flexibility index (Phi) is 6.95. The second-order valence-corrected chi connectivity index (χ2v) is 6.50. The van der Waals surface area contributed by atoms with Crippen LogP contribution in [0.4, 0.5) is 10.1 Å². The summed E-state index contributed by atoms with van der Waals surface area (Å²) in [5, 5.41) is 6.85. The molecule has 0 unspecified atom stereocenters. The van der Waals surface area contributed by atoms with Gasteiger partial charge in [0.05, 0.1) is 12.8 Å². The number of benzene rings is 3. The molecule has 0 aliphatic carbocycles. The van der Waals surface area contributed by atoms with Crippen molar-refractivity contribution in [3.63, 3.8) is 0 Å². The molecule has 0 aliphatic rings. The summed E-state index contributed by atoms with van der Waals surface area (Å²) in [6.45, 7) is 2.56. The fraction of sp³-hybridized carbons (Fsp3) is 0.130. The van der Waals surface area contributed by atoms with Gasteiger partial charge in [0.25, 0.3) is 5.91 Å². The summed E-state index contributed by atoms with van der Waals surface area (Å²) in [5.41, 5.74) is 6.21. The van der Waals surface area contributed by atoms with Gasteiger partial charge in [-0.05, 0) is 54.4 Å². The number of anilines is 1. The van der Waals surface area contributed by atoms with Crippen LogP contribution in [0.15, 0.2) is 77.9 Å². The number of hydrogen-bond acceptors (Lipinski definition) is 4. The number of ether oxygens (including phenoxy) is 1. The average molecular weight is 391 g/mol. The fourth-order valence-corrected chi connectivity index (χ4v) is 2.50. The van der Waals surface area contributed by atoms with E-state index >= 15 is 0 Å². The molecular weight excluding hydrogens is 369 g/mol. The van der Waals surface area contributed by atoms with Crippen LogP contribution in [-0.4, -0.2) is 18.7 Å². The van der Waals surface area contributed by atoms with Crippen molar-refractivity contribution in [1.29, 1.82) is 0 Å². The van der Waals surface area contributed by atoms with Crippen molar-refractivity contribution in [2.75, 3.05) is 11.9 Å². The van der Waals surface area contributed by atoms with Crippen molar-refractivity contribution in [2.24, 2.45) is 5.10 Å². The van der Waals surface area contributed by atoms with E-state index in [0.717, 1.165) is 16.9 Å². The summed E-state index contributed by atoms with van der Waals surface area (Å²) >= 11 is 0. The van der Waals surface area contributed by atoms with E-state index in [1.807, 2.05) is 43.3 Å². The SMILES string of the molecule is Cc1ccc(COc2cccc(/C=N\NC(=O)CNc3ccc(F)cc3)c2)cc1. The minimum atomic E-state index is -0.324. The van der Waals surface area contributed by atoms with Crippen molar-refractivity contribution in [1.82, 2.24) is 5.43 Å². The van der Waals surface area contributed by atoms with E-state index in [9.17, 15) is 9.18 Å². The lowest BCUT2D eigenvalue weighted by molar-refractivity contribution is -0.119. The Bertz CT molecular complexity index is 970. The zero-order valence-electron chi connectivity index (χ0n) is 16.1. The number of hydrazone groups is 1. The van der Waals surface area contributed by atoms with Gasteiger partial charge in [-0.3, -0.25) is 4.79 Å². The first-order valence-corrected chi connectivity index (χ1v) is 9.18. The maximum Gasteiger partial charge on any atom is 0.259 e. The van der Waals surface area contributed by atoms with E-state index in [1.165, 1.54) is 17.7 Å². The molecule has 3 rings (SSSR count). The lowest BCUT2D eigenvalue weighted by atomic mass is 10.2. The largest absolute Gasteiger partial charge is 0.489 e. The summed E-state index contributed by atoms with van der Waals surface area (Å²) < 4.78 is 18.7. The van der Waals surface area contributed by atoms with Crippen LogP contribution in [0.5, 0.6) is 5.75 Å². The average Bonchev–Trinajstić information content (AvgIpc) is 2.73. The predicted octanol–water partition coefficient (Wildman–Crippen LogP) is 4.28. The normalized spacial score (nSPS) is 10.7. The molecular formula is C23H22FN3O2. The van der Waals surface area contributed by atoms with Gasteiger partial charge < -0.3 is 10.1 Å². The van der Waals surface area contributed by atoms with Gasteiger partial charge in [0, 0.05) is 5.69 Å². The lowest BCUT2D eigenvalue weighted by Crippen LogP contribution is -2.25. The van der Waals surface area contributed by atoms with Crippen molar-refractivity contribution in [3.05, 3.63) is 95.3 Å². The topological polar surface area (TPSA) is 62.7 Å². The first-order valence-electron chi connectivity index (χ1n) is 9.18. The molecule has 6 heteroatoms. The zero-order valence-corrected chi connectivity index (χ0v) is 16.1. The molecule has 5 nitrogen and oxygen atoms in total. The number of rotatable bonds is 8. The number of carbonyl (C=O) groups excluding carboxylic acids is 1. The maximum atomic E-state index is 12.9. The van der Waals surface area contributed by atoms with Gasteiger partial charge in [-0.1, -0.05) is 42.0 Å². The van der Waals surface area contributed by atoms with Crippen molar-refractivity contribution >= 4 is 17.8 Å². The van der Waals surface area contributed by atoms with Gasteiger partial charge in [0.2, 0.25) is 0 Å². The van der Waals surface area contributed by atoms with E-state index in [0.29, 0.717) is 12.3 Å². The van der Waals surface area contributed by atoms with Crippen LogP contribution in [0, 0.1) is 12.7 Å². The van der Waals surface area contributed by atoms with Crippen LogP contribution >= 0.6 is 0 Å². The first kappa shape index (κ1) is 20.1. The monoisotopic (exact) mass is 391 g/mol. The Morgan fingerprint density at radius 2 is 1.83 bits per heavy atom. The molecule has 0 fully saturated rings. The molecule has 3 aromatic carbocycles. The molecule has 3 aromatic rings. The highest BCUT2D eigenvalue weighted by Gasteiger charge is 2.01. The number of amides is 1. The van der Waals surface area contributed by atoms with E-state index in [1.54, 1.807) is 18.3 Å². The number of aryl methyl sites for hydroxylation is 1.